The van der Waals surface area contributed by atoms with Crippen LogP contribution in [-0.2, 0) is 23.1 Å². The number of hydrogen-bond donors (Lipinski definition) is 2. The van der Waals surface area contributed by atoms with Gasteiger partial charge in [0.25, 0.3) is 0 Å². The van der Waals surface area contributed by atoms with Crippen molar-refractivity contribution in [3.8, 4) is 0 Å². The Balaban J connectivity index is 5.43. The summed E-state index contributed by atoms with van der Waals surface area (Å²) < 4.78 is 62.9. The van der Waals surface area contributed by atoms with Crippen molar-refractivity contribution in [2.45, 2.75) is 25.7 Å². The average molecular weight is 309 g/mol. The number of nitrogens with one attached hydrogen (secondary N) is 1. The lowest BCUT2D eigenvalue weighted by atomic mass is 10.2. The zero-order valence-corrected chi connectivity index (χ0v) is 11.4. The van der Waals surface area contributed by atoms with Crippen LogP contribution in [0.2, 0.25) is 0 Å². The Bertz CT molecular complexity index is 353. The largest absolute Gasteiger partial charge is 0.466 e. The first kappa shape index (κ1) is 18.3. The van der Waals surface area contributed by atoms with Crippen molar-refractivity contribution in [1.29, 1.82) is 0 Å². The molecule has 0 aromatic heterocycles. The molecular formula is C8H15F3NO6P. The standard InChI is InChI=1S/C8H15F3NO6P/c1-4-17-19(15,18-5-2)12-7(14,6(13)16-3)8(9,10)11/h14H,4-5H2,1-3H3,(H,12,15). The van der Waals surface area contributed by atoms with Crippen molar-refractivity contribution in [1.82, 2.24) is 5.09 Å². The molecule has 0 radical (unpaired) electrons. The van der Waals surface area contributed by atoms with E-state index >= 15 is 0 Å². The van der Waals surface area contributed by atoms with Crippen LogP contribution in [0.15, 0.2) is 0 Å². The van der Waals surface area contributed by atoms with E-state index in [0.29, 0.717) is 7.11 Å². The minimum absolute atomic E-state index is 0.264. The first-order valence-electron chi connectivity index (χ1n) is 5.12. The fraction of sp³-hybridized carbons (Fsp3) is 0.875. The van der Waals surface area contributed by atoms with Crippen LogP contribution in [0.4, 0.5) is 13.2 Å². The zero-order valence-electron chi connectivity index (χ0n) is 10.5. The van der Waals surface area contributed by atoms with Gasteiger partial charge < -0.3 is 9.84 Å². The molecular weight excluding hydrogens is 294 g/mol. The number of hydrogen-bond acceptors (Lipinski definition) is 6. The number of carbonyl (C=O) groups is 1. The van der Waals surface area contributed by atoms with Gasteiger partial charge in [-0.3, -0.25) is 9.05 Å². The number of carbonyl (C=O) groups excluding carboxylic acids is 1. The van der Waals surface area contributed by atoms with Crippen molar-refractivity contribution < 1.29 is 41.4 Å². The third-order valence-electron chi connectivity index (χ3n) is 1.79. The number of halogens is 3. The van der Waals surface area contributed by atoms with E-state index in [9.17, 15) is 27.6 Å². The van der Waals surface area contributed by atoms with E-state index in [1.54, 1.807) is 0 Å². The predicted octanol–water partition coefficient (Wildman–Crippen LogP) is 1.18. The highest BCUT2D eigenvalue weighted by atomic mass is 31.2. The molecule has 0 aliphatic heterocycles. The second-order valence-electron chi connectivity index (χ2n) is 3.14. The van der Waals surface area contributed by atoms with E-state index in [4.69, 9.17) is 0 Å². The second kappa shape index (κ2) is 6.67. The van der Waals surface area contributed by atoms with E-state index in [-0.39, 0.29) is 13.2 Å². The molecule has 0 amide bonds. The van der Waals surface area contributed by atoms with Gasteiger partial charge in [-0.25, -0.2) is 9.36 Å². The Kier molecular flexibility index (Phi) is 6.43. The van der Waals surface area contributed by atoms with Gasteiger partial charge in [0.15, 0.2) is 0 Å². The van der Waals surface area contributed by atoms with Crippen LogP contribution < -0.4 is 5.09 Å². The molecule has 0 bridgehead atoms. The number of methoxy groups -OCH3 is 1. The monoisotopic (exact) mass is 309 g/mol. The molecule has 0 aliphatic rings. The number of rotatable bonds is 7. The molecule has 0 aromatic carbocycles. The Labute approximate surface area is 107 Å². The number of ether oxygens (including phenoxy) is 1. The van der Waals surface area contributed by atoms with Gasteiger partial charge in [-0.15, -0.1) is 0 Å². The summed E-state index contributed by atoms with van der Waals surface area (Å²) in [5.41, 5.74) is -4.19. The number of alkyl halides is 3. The Morgan fingerprint density at radius 1 is 1.26 bits per heavy atom. The van der Waals surface area contributed by atoms with Crippen molar-refractivity contribution >= 4 is 13.7 Å². The molecule has 1 unspecified atom stereocenters. The number of esters is 1. The van der Waals surface area contributed by atoms with E-state index in [1.807, 2.05) is 0 Å². The van der Waals surface area contributed by atoms with E-state index in [1.165, 1.54) is 18.9 Å². The smallest absolute Gasteiger partial charge is 0.443 e. The molecule has 7 nitrogen and oxygen atoms in total. The summed E-state index contributed by atoms with van der Waals surface area (Å²) in [7, 11) is -3.89. The van der Waals surface area contributed by atoms with Gasteiger partial charge in [-0.05, 0) is 13.8 Å². The maximum atomic E-state index is 12.7. The maximum absolute atomic E-state index is 12.7. The SMILES string of the molecule is CCOP(=O)(NC(O)(C(=O)OC)C(F)(F)F)OCC. The fourth-order valence-corrected chi connectivity index (χ4v) is 2.51. The lowest BCUT2D eigenvalue weighted by Crippen LogP contribution is -2.61. The van der Waals surface area contributed by atoms with Gasteiger partial charge in [-0.1, -0.05) is 0 Å². The van der Waals surface area contributed by atoms with E-state index < -0.39 is 25.6 Å². The molecule has 2 N–H and O–H groups in total. The molecule has 0 heterocycles. The van der Waals surface area contributed by atoms with Crippen LogP contribution in [0, 0.1) is 0 Å². The Morgan fingerprint density at radius 3 is 1.95 bits per heavy atom. The van der Waals surface area contributed by atoms with Gasteiger partial charge in [0.05, 0.1) is 20.3 Å². The fourth-order valence-electron chi connectivity index (χ4n) is 1.01. The highest BCUT2D eigenvalue weighted by molar-refractivity contribution is 7.51. The van der Waals surface area contributed by atoms with E-state index in [0.717, 1.165) is 0 Å². The summed E-state index contributed by atoms with van der Waals surface area (Å²) >= 11 is 0. The lowest BCUT2D eigenvalue weighted by Gasteiger charge is -2.31. The second-order valence-corrected chi connectivity index (χ2v) is 4.88. The van der Waals surface area contributed by atoms with Gasteiger partial charge in [0.2, 0.25) is 0 Å². The minimum Gasteiger partial charge on any atom is -0.466 e. The minimum atomic E-state index is -5.48. The molecule has 0 spiro atoms. The maximum Gasteiger partial charge on any atom is 0.443 e. The average Bonchev–Trinajstić information content (AvgIpc) is 2.26. The van der Waals surface area contributed by atoms with E-state index in [2.05, 4.69) is 13.8 Å². The van der Waals surface area contributed by atoms with Crippen molar-refractivity contribution in [3.05, 3.63) is 0 Å². The number of aliphatic hydroxyl groups is 1. The summed E-state index contributed by atoms with van der Waals surface area (Å²) in [4.78, 5) is 11.1. The molecule has 1 atom stereocenters. The Morgan fingerprint density at radius 2 is 1.68 bits per heavy atom. The summed E-state index contributed by atoms with van der Waals surface area (Å²) in [6.07, 6.45) is -5.48. The van der Waals surface area contributed by atoms with Crippen LogP contribution in [0.1, 0.15) is 13.8 Å². The third kappa shape index (κ3) is 4.43. The molecule has 0 aliphatic carbocycles. The topological polar surface area (TPSA) is 94.1 Å². The molecule has 0 rings (SSSR count). The van der Waals surface area contributed by atoms with Crippen molar-refractivity contribution in [2.24, 2.45) is 0 Å². The van der Waals surface area contributed by atoms with Crippen LogP contribution in [-0.4, -0.2) is 43.3 Å². The summed E-state index contributed by atoms with van der Waals surface area (Å²) in [5, 5.41) is 10.5. The van der Waals surface area contributed by atoms with Crippen molar-refractivity contribution in [3.63, 3.8) is 0 Å². The predicted molar refractivity (Wildman–Crippen MR) is 57.0 cm³/mol. The summed E-state index contributed by atoms with van der Waals surface area (Å²) in [6.45, 7) is 2.16. The van der Waals surface area contributed by atoms with Crippen LogP contribution in [0.5, 0.6) is 0 Å². The van der Waals surface area contributed by atoms with Crippen molar-refractivity contribution in [2.75, 3.05) is 20.3 Å². The lowest BCUT2D eigenvalue weighted by molar-refractivity contribution is -0.267. The van der Waals surface area contributed by atoms with Gasteiger partial charge in [0, 0.05) is 0 Å². The molecule has 114 valence electrons. The zero-order chi connectivity index (χ0) is 15.3. The molecule has 0 fully saturated rings. The molecule has 11 heteroatoms. The molecule has 19 heavy (non-hydrogen) atoms. The van der Waals surface area contributed by atoms with Crippen LogP contribution >= 0.6 is 7.75 Å². The van der Waals surface area contributed by atoms with Gasteiger partial charge in [-0.2, -0.15) is 18.3 Å². The highest BCUT2D eigenvalue weighted by Crippen LogP contribution is 2.48. The van der Waals surface area contributed by atoms with Gasteiger partial charge in [0.1, 0.15) is 0 Å². The Hall–Kier alpha value is -0.670. The quantitative estimate of drug-likeness (QED) is 0.414. The van der Waals surface area contributed by atoms with Crippen LogP contribution in [0.3, 0.4) is 0 Å². The summed E-state index contributed by atoms with van der Waals surface area (Å²) in [6, 6.07) is 0. The first-order valence-corrected chi connectivity index (χ1v) is 6.66. The normalized spacial score (nSPS) is 15.9. The molecule has 0 saturated heterocycles. The highest BCUT2D eigenvalue weighted by Gasteiger charge is 2.64. The summed E-state index contributed by atoms with van der Waals surface area (Å²) in [5.74, 6) is -2.08. The van der Waals surface area contributed by atoms with Crippen LogP contribution in [0.25, 0.3) is 0 Å². The first-order chi connectivity index (χ1) is 8.56. The molecule has 0 aromatic rings. The third-order valence-corrected chi connectivity index (χ3v) is 3.58. The molecule has 0 saturated carbocycles. The van der Waals surface area contributed by atoms with Gasteiger partial charge >= 0.3 is 25.6 Å².